The molecule has 0 aliphatic heterocycles. The summed E-state index contributed by atoms with van der Waals surface area (Å²) in [4.78, 5) is 8.57. The zero-order chi connectivity index (χ0) is 19.0. The maximum atomic E-state index is 12.1. The fraction of sp³-hybridized carbons (Fsp3) is 0.267. The van der Waals surface area contributed by atoms with Crippen LogP contribution in [0, 0.1) is 12.3 Å². The minimum Gasteiger partial charge on any atom is -0.370 e. The Labute approximate surface area is 160 Å². The molecule has 2 aromatic rings. The minimum absolute atomic E-state index is 0.138. The van der Waals surface area contributed by atoms with Crippen molar-refractivity contribution in [2.24, 2.45) is 10.7 Å². The summed E-state index contributed by atoms with van der Waals surface area (Å²) in [6.45, 7) is 2.39. The number of benzene rings is 1. The van der Waals surface area contributed by atoms with Gasteiger partial charge < -0.3 is 11.1 Å². The molecule has 8 nitrogen and oxygen atoms in total. The molecule has 0 fully saturated rings. The number of aliphatic imine (C=N–C) groups is 1. The third-order valence-corrected chi connectivity index (χ3v) is 6.12. The summed E-state index contributed by atoms with van der Waals surface area (Å²) >= 11 is 3.02. The van der Waals surface area contributed by atoms with E-state index < -0.39 is 10.0 Å². The molecule has 1 heterocycles. The van der Waals surface area contributed by atoms with E-state index in [0.29, 0.717) is 17.4 Å². The summed E-state index contributed by atoms with van der Waals surface area (Å²) in [6, 6.07) is 6.62. The summed E-state index contributed by atoms with van der Waals surface area (Å²) in [5.74, 6) is 1.30. The molecule has 0 saturated heterocycles. The monoisotopic (exact) mass is 412 g/mol. The molecule has 0 atom stereocenters. The number of nitrogens with two attached hydrogens (primary N) is 1. The molecule has 140 valence electrons. The van der Waals surface area contributed by atoms with Crippen LogP contribution in [0.1, 0.15) is 11.3 Å². The summed E-state index contributed by atoms with van der Waals surface area (Å²) in [7, 11) is -3.57. The second-order valence-corrected chi connectivity index (χ2v) is 8.88. The highest BCUT2D eigenvalue weighted by atomic mass is 32.2. The van der Waals surface area contributed by atoms with Gasteiger partial charge in [-0.15, -0.1) is 11.3 Å². The van der Waals surface area contributed by atoms with Crippen LogP contribution in [0.3, 0.4) is 0 Å². The first-order valence-electron chi connectivity index (χ1n) is 7.57. The average molecular weight is 413 g/mol. The lowest BCUT2D eigenvalue weighted by atomic mass is 10.2. The number of thioether (sulfide) groups is 1. The number of sulfonamides is 1. The Morgan fingerprint density at radius 2 is 2.15 bits per heavy atom. The lowest BCUT2D eigenvalue weighted by molar-refractivity contribution is 0.593. The quantitative estimate of drug-likeness (QED) is 0.283. The van der Waals surface area contributed by atoms with Gasteiger partial charge in [-0.2, -0.15) is 11.8 Å². The fourth-order valence-corrected chi connectivity index (χ4v) is 4.20. The molecule has 0 amide bonds. The number of nitrogens with zero attached hydrogens (tertiary/aromatic N) is 2. The van der Waals surface area contributed by atoms with Gasteiger partial charge in [0.1, 0.15) is 0 Å². The number of thiazole rings is 1. The van der Waals surface area contributed by atoms with E-state index in [2.05, 4.69) is 20.0 Å². The molecule has 0 radical (unpaired) electrons. The SMILES string of the molecule is Cc1ccc(S(=O)(=O)NC=NCCSCc2csc(NC(=N)N)n2)cc1. The molecule has 26 heavy (non-hydrogen) atoms. The summed E-state index contributed by atoms with van der Waals surface area (Å²) < 4.78 is 26.4. The van der Waals surface area contributed by atoms with Crippen LogP contribution in [0.5, 0.6) is 0 Å². The summed E-state index contributed by atoms with van der Waals surface area (Å²) in [6.07, 6.45) is 1.22. The van der Waals surface area contributed by atoms with Crippen molar-refractivity contribution in [3.8, 4) is 0 Å². The van der Waals surface area contributed by atoms with E-state index in [1.165, 1.54) is 17.7 Å². The smallest absolute Gasteiger partial charge is 0.262 e. The molecule has 0 saturated carbocycles. The Morgan fingerprint density at radius 3 is 2.85 bits per heavy atom. The molecular weight excluding hydrogens is 392 g/mol. The van der Waals surface area contributed by atoms with Gasteiger partial charge in [0.15, 0.2) is 11.1 Å². The van der Waals surface area contributed by atoms with Crippen molar-refractivity contribution in [1.82, 2.24) is 9.71 Å². The molecule has 0 aliphatic rings. The molecule has 0 aliphatic carbocycles. The van der Waals surface area contributed by atoms with Gasteiger partial charge in [0.2, 0.25) is 0 Å². The van der Waals surface area contributed by atoms with Crippen LogP contribution in [0.25, 0.3) is 0 Å². The van der Waals surface area contributed by atoms with Gasteiger partial charge in [0.25, 0.3) is 10.0 Å². The molecule has 11 heteroatoms. The minimum atomic E-state index is -3.57. The topological polar surface area (TPSA) is 133 Å². The van der Waals surface area contributed by atoms with Crippen LogP contribution >= 0.6 is 23.1 Å². The highest BCUT2D eigenvalue weighted by molar-refractivity contribution is 7.98. The van der Waals surface area contributed by atoms with Crippen molar-refractivity contribution in [3.05, 3.63) is 40.9 Å². The number of hydrogen-bond acceptors (Lipinski definition) is 7. The second-order valence-electron chi connectivity index (χ2n) is 5.20. The highest BCUT2D eigenvalue weighted by Crippen LogP contribution is 2.19. The van der Waals surface area contributed by atoms with Gasteiger partial charge in [-0.05, 0) is 19.1 Å². The summed E-state index contributed by atoms with van der Waals surface area (Å²) in [5.41, 5.74) is 7.14. The largest absolute Gasteiger partial charge is 0.370 e. The third-order valence-electron chi connectivity index (χ3n) is 3.04. The van der Waals surface area contributed by atoms with Gasteiger partial charge >= 0.3 is 0 Å². The first kappa shape index (κ1) is 20.2. The van der Waals surface area contributed by atoms with Crippen LogP contribution in [-0.2, 0) is 15.8 Å². The van der Waals surface area contributed by atoms with Gasteiger partial charge in [0.05, 0.1) is 16.9 Å². The van der Waals surface area contributed by atoms with E-state index in [0.717, 1.165) is 17.0 Å². The number of anilines is 1. The molecule has 1 aromatic heterocycles. The van der Waals surface area contributed by atoms with E-state index in [4.69, 9.17) is 11.1 Å². The van der Waals surface area contributed by atoms with Crippen LogP contribution in [0.15, 0.2) is 39.5 Å². The number of aromatic nitrogens is 1. The Bertz CT molecular complexity index is 862. The van der Waals surface area contributed by atoms with Crippen LogP contribution in [0.4, 0.5) is 5.13 Å². The van der Waals surface area contributed by atoms with Crippen molar-refractivity contribution < 1.29 is 8.42 Å². The van der Waals surface area contributed by atoms with Crippen molar-refractivity contribution in [3.63, 3.8) is 0 Å². The van der Waals surface area contributed by atoms with Crippen LogP contribution in [-0.4, -0.2) is 38.0 Å². The molecular formula is C15H20N6O2S3. The van der Waals surface area contributed by atoms with E-state index in [1.54, 1.807) is 36.0 Å². The van der Waals surface area contributed by atoms with E-state index in [1.807, 2.05) is 12.3 Å². The molecule has 0 spiro atoms. The van der Waals surface area contributed by atoms with Crippen molar-refractivity contribution in [1.29, 1.82) is 5.41 Å². The number of nitrogens with one attached hydrogen (secondary N) is 3. The van der Waals surface area contributed by atoms with Crippen LogP contribution < -0.4 is 15.8 Å². The molecule has 0 unspecified atom stereocenters. The molecule has 2 rings (SSSR count). The molecule has 5 N–H and O–H groups in total. The van der Waals surface area contributed by atoms with E-state index in [9.17, 15) is 8.42 Å². The Morgan fingerprint density at radius 1 is 1.42 bits per heavy atom. The standard InChI is InChI=1S/C15H20N6O2S3/c1-11-2-4-13(5-3-11)26(22,23)19-10-18-6-7-24-8-12-9-25-15(20-12)21-14(16)17/h2-5,9-10H,6-8H2,1H3,(H,18,19)(H4,16,17,20,21). The molecule has 0 bridgehead atoms. The third kappa shape index (κ3) is 6.65. The van der Waals surface area contributed by atoms with Crippen molar-refractivity contribution >= 4 is 50.6 Å². The Kier molecular flexibility index (Phi) is 7.42. The Balaban J connectivity index is 1.68. The van der Waals surface area contributed by atoms with Crippen molar-refractivity contribution in [2.45, 2.75) is 17.6 Å². The van der Waals surface area contributed by atoms with Gasteiger partial charge in [-0.3, -0.25) is 15.1 Å². The maximum absolute atomic E-state index is 12.1. The lowest BCUT2D eigenvalue weighted by Crippen LogP contribution is -2.22. The fourth-order valence-electron chi connectivity index (χ4n) is 1.80. The highest BCUT2D eigenvalue weighted by Gasteiger charge is 2.10. The number of guanidine groups is 1. The zero-order valence-electron chi connectivity index (χ0n) is 14.1. The normalized spacial score (nSPS) is 11.6. The van der Waals surface area contributed by atoms with Crippen molar-refractivity contribution in [2.75, 3.05) is 17.6 Å². The molecule has 1 aromatic carbocycles. The number of rotatable bonds is 9. The zero-order valence-corrected chi connectivity index (χ0v) is 16.5. The predicted molar refractivity (Wildman–Crippen MR) is 109 cm³/mol. The number of hydrogen-bond donors (Lipinski definition) is 4. The predicted octanol–water partition coefficient (Wildman–Crippen LogP) is 2.00. The average Bonchev–Trinajstić information content (AvgIpc) is 3.01. The van der Waals surface area contributed by atoms with Gasteiger partial charge in [-0.25, -0.2) is 13.4 Å². The summed E-state index contributed by atoms with van der Waals surface area (Å²) in [5, 5.41) is 12.3. The lowest BCUT2D eigenvalue weighted by Gasteiger charge is -2.03. The van der Waals surface area contributed by atoms with Gasteiger partial charge in [0, 0.05) is 23.4 Å². The van der Waals surface area contributed by atoms with E-state index in [-0.39, 0.29) is 10.9 Å². The first-order chi connectivity index (χ1) is 12.4. The number of aryl methyl sites for hydroxylation is 1. The van der Waals surface area contributed by atoms with Gasteiger partial charge in [-0.1, -0.05) is 17.7 Å². The van der Waals surface area contributed by atoms with E-state index >= 15 is 0 Å². The second kappa shape index (κ2) is 9.55. The van der Waals surface area contributed by atoms with Crippen LogP contribution in [0.2, 0.25) is 0 Å². The maximum Gasteiger partial charge on any atom is 0.262 e. The first-order valence-corrected chi connectivity index (χ1v) is 11.1. The Hall–Kier alpha value is -2.11.